The molecule has 0 heterocycles. The van der Waals surface area contributed by atoms with Crippen LogP contribution in [0.3, 0.4) is 0 Å². The molecule has 3 nitrogen and oxygen atoms in total. The van der Waals surface area contributed by atoms with Gasteiger partial charge in [0.05, 0.1) is 12.7 Å². The topological polar surface area (TPSA) is 38.3 Å². The average molecular weight is 324 g/mol. The molecule has 0 saturated carbocycles. The van der Waals surface area contributed by atoms with Gasteiger partial charge in [-0.15, -0.1) is 11.6 Å². The molecule has 0 fully saturated rings. The van der Waals surface area contributed by atoms with Crippen molar-refractivity contribution in [3.63, 3.8) is 0 Å². The normalized spacial score (nSPS) is 10.2. The molecule has 0 bridgehead atoms. The maximum Gasteiger partial charge on any atom is 0.259 e. The smallest absolute Gasteiger partial charge is 0.259 e. The molecule has 110 valence electrons. The summed E-state index contributed by atoms with van der Waals surface area (Å²) in [6, 6.07) is 12.5. The van der Waals surface area contributed by atoms with Gasteiger partial charge in [0.2, 0.25) is 0 Å². The van der Waals surface area contributed by atoms with E-state index in [2.05, 4.69) is 5.32 Å². The van der Waals surface area contributed by atoms with Crippen molar-refractivity contribution in [3.8, 4) is 5.75 Å². The number of aryl methyl sites for hydroxylation is 1. The van der Waals surface area contributed by atoms with Crippen LogP contribution in [-0.2, 0) is 6.42 Å². The van der Waals surface area contributed by atoms with E-state index < -0.39 is 0 Å². The van der Waals surface area contributed by atoms with Crippen molar-refractivity contribution in [1.82, 2.24) is 0 Å². The van der Waals surface area contributed by atoms with Crippen molar-refractivity contribution in [2.24, 2.45) is 0 Å². The van der Waals surface area contributed by atoms with Crippen molar-refractivity contribution in [2.75, 3.05) is 18.3 Å². The molecule has 0 aliphatic carbocycles. The summed E-state index contributed by atoms with van der Waals surface area (Å²) in [5.74, 6) is 0.793. The summed E-state index contributed by atoms with van der Waals surface area (Å²) in [7, 11) is 1.51. The zero-order valence-electron chi connectivity index (χ0n) is 11.5. The SMILES string of the molecule is COc1ccc(Cl)cc1C(=O)Nc1ccc(CCCl)cc1. The minimum Gasteiger partial charge on any atom is -0.496 e. The monoisotopic (exact) mass is 323 g/mol. The third-order valence-electron chi connectivity index (χ3n) is 3.00. The van der Waals surface area contributed by atoms with Gasteiger partial charge in [-0.2, -0.15) is 0 Å². The number of halogens is 2. The van der Waals surface area contributed by atoms with E-state index >= 15 is 0 Å². The van der Waals surface area contributed by atoms with Gasteiger partial charge in [0.1, 0.15) is 5.75 Å². The van der Waals surface area contributed by atoms with E-state index in [1.54, 1.807) is 18.2 Å². The second kappa shape index (κ2) is 7.34. The predicted octanol–water partition coefficient (Wildman–Crippen LogP) is 4.38. The van der Waals surface area contributed by atoms with E-state index in [-0.39, 0.29) is 5.91 Å². The highest BCUT2D eigenvalue weighted by atomic mass is 35.5. The number of alkyl halides is 1. The molecule has 0 atom stereocenters. The lowest BCUT2D eigenvalue weighted by Crippen LogP contribution is -2.13. The number of amides is 1. The summed E-state index contributed by atoms with van der Waals surface area (Å²) in [5, 5.41) is 3.30. The molecule has 2 rings (SSSR count). The molecule has 5 heteroatoms. The number of hydrogen-bond acceptors (Lipinski definition) is 2. The summed E-state index contributed by atoms with van der Waals surface area (Å²) < 4.78 is 5.18. The summed E-state index contributed by atoms with van der Waals surface area (Å²) in [5.41, 5.74) is 2.23. The van der Waals surface area contributed by atoms with E-state index in [4.69, 9.17) is 27.9 Å². The van der Waals surface area contributed by atoms with Crippen LogP contribution in [0.2, 0.25) is 5.02 Å². The van der Waals surface area contributed by atoms with E-state index in [1.807, 2.05) is 24.3 Å². The van der Waals surface area contributed by atoms with Crippen molar-refractivity contribution >= 4 is 34.8 Å². The molecule has 1 amide bonds. The van der Waals surface area contributed by atoms with Gasteiger partial charge < -0.3 is 10.1 Å². The second-order valence-corrected chi connectivity index (χ2v) is 5.25. The van der Waals surface area contributed by atoms with Crippen LogP contribution in [0.25, 0.3) is 0 Å². The fourth-order valence-corrected chi connectivity index (χ4v) is 2.31. The Morgan fingerprint density at radius 3 is 2.52 bits per heavy atom. The first-order valence-corrected chi connectivity index (χ1v) is 7.35. The Bertz CT molecular complexity index is 627. The van der Waals surface area contributed by atoms with Gasteiger partial charge >= 0.3 is 0 Å². The van der Waals surface area contributed by atoms with Gasteiger partial charge in [-0.1, -0.05) is 23.7 Å². The van der Waals surface area contributed by atoms with Gasteiger partial charge in [0.25, 0.3) is 5.91 Å². The Labute approximate surface area is 133 Å². The van der Waals surface area contributed by atoms with Crippen LogP contribution < -0.4 is 10.1 Å². The predicted molar refractivity (Wildman–Crippen MR) is 86.8 cm³/mol. The lowest BCUT2D eigenvalue weighted by Gasteiger charge is -2.10. The quantitative estimate of drug-likeness (QED) is 0.829. The zero-order chi connectivity index (χ0) is 15.2. The maximum atomic E-state index is 12.3. The number of carbonyl (C=O) groups is 1. The molecule has 0 aromatic heterocycles. The highest BCUT2D eigenvalue weighted by Gasteiger charge is 2.13. The van der Waals surface area contributed by atoms with E-state index in [0.717, 1.165) is 12.0 Å². The van der Waals surface area contributed by atoms with Gasteiger partial charge in [-0.3, -0.25) is 4.79 Å². The molecule has 0 unspecified atom stereocenters. The Balaban J connectivity index is 2.15. The largest absolute Gasteiger partial charge is 0.496 e. The number of ether oxygens (including phenoxy) is 1. The van der Waals surface area contributed by atoms with Gasteiger partial charge in [0, 0.05) is 16.6 Å². The first kappa shape index (κ1) is 15.7. The van der Waals surface area contributed by atoms with Gasteiger partial charge in [-0.25, -0.2) is 0 Å². The molecule has 2 aromatic carbocycles. The molecule has 21 heavy (non-hydrogen) atoms. The Hall–Kier alpha value is -1.71. The fourth-order valence-electron chi connectivity index (χ4n) is 1.92. The first-order chi connectivity index (χ1) is 10.1. The average Bonchev–Trinajstić information content (AvgIpc) is 2.49. The van der Waals surface area contributed by atoms with Gasteiger partial charge in [-0.05, 0) is 42.3 Å². The maximum absolute atomic E-state index is 12.3. The molecule has 2 aromatic rings. The third-order valence-corrected chi connectivity index (χ3v) is 3.43. The first-order valence-electron chi connectivity index (χ1n) is 6.44. The van der Waals surface area contributed by atoms with Crippen LogP contribution in [-0.4, -0.2) is 18.9 Å². The second-order valence-electron chi connectivity index (χ2n) is 4.43. The fraction of sp³-hybridized carbons (Fsp3) is 0.188. The van der Waals surface area contributed by atoms with Crippen molar-refractivity contribution in [1.29, 1.82) is 0 Å². The number of nitrogens with one attached hydrogen (secondary N) is 1. The molecular weight excluding hydrogens is 309 g/mol. The summed E-state index contributed by atoms with van der Waals surface area (Å²) in [4.78, 5) is 12.3. The van der Waals surface area contributed by atoms with Crippen molar-refractivity contribution in [3.05, 3.63) is 58.6 Å². The molecule has 0 aliphatic rings. The Morgan fingerprint density at radius 1 is 1.19 bits per heavy atom. The van der Waals surface area contributed by atoms with Crippen LogP contribution in [0.5, 0.6) is 5.75 Å². The molecule has 0 radical (unpaired) electrons. The van der Waals surface area contributed by atoms with Crippen LogP contribution in [0.4, 0.5) is 5.69 Å². The van der Waals surface area contributed by atoms with Crippen LogP contribution in [0.15, 0.2) is 42.5 Å². The number of anilines is 1. The molecule has 0 aliphatic heterocycles. The summed E-state index contributed by atoms with van der Waals surface area (Å²) in [6.45, 7) is 0. The highest BCUT2D eigenvalue weighted by Crippen LogP contribution is 2.23. The van der Waals surface area contributed by atoms with Crippen molar-refractivity contribution < 1.29 is 9.53 Å². The van der Waals surface area contributed by atoms with E-state index in [9.17, 15) is 4.79 Å². The van der Waals surface area contributed by atoms with Crippen LogP contribution in [0, 0.1) is 0 Å². The van der Waals surface area contributed by atoms with Gasteiger partial charge in [0.15, 0.2) is 0 Å². The lowest BCUT2D eigenvalue weighted by atomic mass is 10.1. The van der Waals surface area contributed by atoms with E-state index in [1.165, 1.54) is 7.11 Å². The van der Waals surface area contributed by atoms with E-state index in [0.29, 0.717) is 27.9 Å². The highest BCUT2D eigenvalue weighted by molar-refractivity contribution is 6.31. The molecular formula is C16H15Cl2NO2. The lowest BCUT2D eigenvalue weighted by molar-refractivity contribution is 0.102. The number of rotatable bonds is 5. The third kappa shape index (κ3) is 4.13. The minimum absolute atomic E-state index is 0.264. The summed E-state index contributed by atoms with van der Waals surface area (Å²) >= 11 is 11.6. The Morgan fingerprint density at radius 2 is 1.90 bits per heavy atom. The number of carbonyl (C=O) groups excluding carboxylic acids is 1. The number of hydrogen-bond donors (Lipinski definition) is 1. The van der Waals surface area contributed by atoms with Crippen LogP contribution >= 0.6 is 23.2 Å². The number of methoxy groups -OCH3 is 1. The summed E-state index contributed by atoms with van der Waals surface area (Å²) in [6.07, 6.45) is 0.803. The molecule has 0 saturated heterocycles. The number of benzene rings is 2. The Kier molecular flexibility index (Phi) is 5.48. The zero-order valence-corrected chi connectivity index (χ0v) is 13.0. The molecule has 1 N–H and O–H groups in total. The standard InChI is InChI=1S/C16H15Cl2NO2/c1-21-15-7-4-12(18)10-14(15)16(20)19-13-5-2-11(3-6-13)8-9-17/h2-7,10H,8-9H2,1H3,(H,19,20). The molecule has 0 spiro atoms. The minimum atomic E-state index is -0.264. The van der Waals surface area contributed by atoms with Crippen molar-refractivity contribution in [2.45, 2.75) is 6.42 Å². The van der Waals surface area contributed by atoms with Crippen LogP contribution in [0.1, 0.15) is 15.9 Å².